The third kappa shape index (κ3) is 2.14. The Labute approximate surface area is 157 Å². The second-order valence-corrected chi connectivity index (χ2v) is 12.8. The van der Waals surface area contributed by atoms with Gasteiger partial charge in [-0.25, -0.2) is 0 Å². The fourth-order valence-electron chi connectivity index (χ4n) is 4.90. The number of piperidine rings is 1. The topological polar surface area (TPSA) is 3.24 Å². The van der Waals surface area contributed by atoms with Gasteiger partial charge in [-0.05, 0) is 38.0 Å². The summed E-state index contributed by atoms with van der Waals surface area (Å²) in [7, 11) is 0. The molecular formula is C15H29NS5. The fraction of sp³-hybridized carbons (Fsp3) is 1.00. The van der Waals surface area contributed by atoms with Gasteiger partial charge in [-0.15, -0.1) is 50.5 Å². The first-order valence-electron chi connectivity index (χ1n) is 7.36. The van der Waals surface area contributed by atoms with Crippen molar-refractivity contribution in [1.82, 2.24) is 4.90 Å². The van der Waals surface area contributed by atoms with Crippen LogP contribution in [0, 0.1) is 16.2 Å². The normalized spacial score (nSPS) is 35.7. The highest BCUT2D eigenvalue weighted by molar-refractivity contribution is 8.03. The van der Waals surface area contributed by atoms with Crippen LogP contribution in [0.4, 0.5) is 0 Å². The number of nitrogens with zero attached hydrogens (tertiary/aromatic N) is 1. The molecule has 6 heteroatoms. The van der Waals surface area contributed by atoms with Crippen molar-refractivity contribution in [3.05, 3.63) is 0 Å². The van der Waals surface area contributed by atoms with Gasteiger partial charge in [-0.3, -0.25) is 4.90 Å². The van der Waals surface area contributed by atoms with Gasteiger partial charge in [0, 0.05) is 16.2 Å². The molecular weight excluding hydrogens is 355 g/mol. The van der Waals surface area contributed by atoms with Crippen LogP contribution >= 0.6 is 63.1 Å². The van der Waals surface area contributed by atoms with E-state index in [1.807, 2.05) is 0 Å². The zero-order chi connectivity index (χ0) is 16.9. The summed E-state index contributed by atoms with van der Waals surface area (Å²) in [5, 5.41) is 0.0216. The molecule has 1 spiro atoms. The first-order chi connectivity index (χ1) is 8.98. The van der Waals surface area contributed by atoms with Crippen LogP contribution in [-0.2, 0) is 0 Å². The second kappa shape index (κ2) is 4.66. The molecule has 0 radical (unpaired) electrons. The van der Waals surface area contributed by atoms with Crippen LogP contribution in [0.15, 0.2) is 0 Å². The van der Waals surface area contributed by atoms with E-state index in [0.717, 1.165) is 6.42 Å². The third-order valence-corrected chi connectivity index (χ3v) is 9.29. The van der Waals surface area contributed by atoms with Crippen LogP contribution in [0.1, 0.15) is 54.9 Å². The maximum absolute atomic E-state index is 5.02. The standard InChI is InChI=1S/C15H29NS5/c1-10(2,3)16-14(18,19)8-13(9(17)15(16,20)21)11(4,5)12(13,6)7/h9,17-21H,8H2,1-7H3. The predicted molar refractivity (Wildman–Crippen MR) is 110 cm³/mol. The van der Waals surface area contributed by atoms with Crippen molar-refractivity contribution in [2.24, 2.45) is 16.2 Å². The molecule has 0 N–H and O–H groups in total. The highest BCUT2D eigenvalue weighted by atomic mass is 32.2. The molecule has 2 fully saturated rings. The Kier molecular flexibility index (Phi) is 4.22. The van der Waals surface area contributed by atoms with Gasteiger partial charge >= 0.3 is 0 Å². The molecule has 1 unspecified atom stereocenters. The summed E-state index contributed by atoms with van der Waals surface area (Å²) >= 11 is 24.8. The van der Waals surface area contributed by atoms with Gasteiger partial charge in [0.1, 0.15) is 8.41 Å². The van der Waals surface area contributed by atoms with Crippen LogP contribution in [0.5, 0.6) is 0 Å². The van der Waals surface area contributed by atoms with Crippen LogP contribution < -0.4 is 0 Å². The number of thiol groups is 5. The number of hydrogen-bond acceptors (Lipinski definition) is 6. The molecule has 21 heavy (non-hydrogen) atoms. The molecule has 1 heterocycles. The van der Waals surface area contributed by atoms with Crippen LogP contribution in [0.25, 0.3) is 0 Å². The van der Waals surface area contributed by atoms with Gasteiger partial charge in [0.15, 0.2) is 0 Å². The Hall–Kier alpha value is 1.71. The molecule has 1 saturated carbocycles. The van der Waals surface area contributed by atoms with Crippen molar-refractivity contribution >= 4 is 63.1 Å². The summed E-state index contributed by atoms with van der Waals surface area (Å²) in [4.78, 5) is 2.18. The molecule has 0 aromatic rings. The largest absolute Gasteiger partial charge is 0.252 e. The molecule has 124 valence electrons. The lowest BCUT2D eigenvalue weighted by Gasteiger charge is -2.61. The molecule has 0 amide bonds. The lowest BCUT2D eigenvalue weighted by atomic mass is 9.81. The van der Waals surface area contributed by atoms with E-state index in [-0.39, 0.29) is 27.0 Å². The highest BCUT2D eigenvalue weighted by Gasteiger charge is 2.84. The molecule has 1 atom stereocenters. The van der Waals surface area contributed by atoms with Gasteiger partial charge in [0.25, 0.3) is 0 Å². The Bertz CT molecular complexity index is 447. The minimum Gasteiger partial charge on any atom is -0.252 e. The lowest BCUT2D eigenvalue weighted by Crippen LogP contribution is -2.69. The molecule has 1 nitrogen and oxygen atoms in total. The van der Waals surface area contributed by atoms with E-state index < -0.39 is 8.41 Å². The Morgan fingerprint density at radius 3 is 1.57 bits per heavy atom. The maximum Gasteiger partial charge on any atom is 0.123 e. The van der Waals surface area contributed by atoms with E-state index in [1.165, 1.54) is 0 Å². The zero-order valence-corrected chi connectivity index (χ0v) is 18.4. The van der Waals surface area contributed by atoms with E-state index in [2.05, 4.69) is 53.4 Å². The Balaban J connectivity index is 2.59. The number of likely N-dealkylation sites (tertiary alicyclic amines) is 1. The van der Waals surface area contributed by atoms with E-state index in [4.69, 9.17) is 63.1 Å². The van der Waals surface area contributed by atoms with Gasteiger partial charge in [0.05, 0.1) is 0 Å². The van der Waals surface area contributed by atoms with Crippen molar-refractivity contribution in [2.45, 2.75) is 74.1 Å². The quantitative estimate of drug-likeness (QED) is 0.295. The predicted octanol–water partition coefficient (Wildman–Crippen LogP) is 4.87. The van der Waals surface area contributed by atoms with Crippen molar-refractivity contribution in [3.8, 4) is 0 Å². The van der Waals surface area contributed by atoms with Crippen molar-refractivity contribution in [2.75, 3.05) is 0 Å². The van der Waals surface area contributed by atoms with Gasteiger partial charge in [0.2, 0.25) is 0 Å². The summed E-state index contributed by atoms with van der Waals surface area (Å²) in [6.45, 7) is 15.7. The highest BCUT2D eigenvalue weighted by Crippen LogP contribution is 2.86. The minimum atomic E-state index is -0.686. The van der Waals surface area contributed by atoms with Crippen molar-refractivity contribution < 1.29 is 0 Å². The Morgan fingerprint density at radius 1 is 0.905 bits per heavy atom. The molecule has 0 aromatic carbocycles. The molecule has 1 aliphatic carbocycles. The lowest BCUT2D eigenvalue weighted by molar-refractivity contribution is 0.0113. The molecule has 2 rings (SSSR count). The first-order valence-corrected chi connectivity index (χ1v) is 9.66. The molecule has 1 saturated heterocycles. The SMILES string of the molecule is CC(C)(C)N1C(S)(S)CC2(C(S)C1(S)S)C(C)(C)C2(C)C. The average molecular weight is 384 g/mol. The number of hydrogen-bond donors (Lipinski definition) is 5. The van der Waals surface area contributed by atoms with Crippen molar-refractivity contribution in [1.29, 1.82) is 0 Å². The summed E-state index contributed by atoms with van der Waals surface area (Å²) in [6, 6.07) is 0. The fourth-order valence-corrected chi connectivity index (χ4v) is 8.86. The monoisotopic (exact) mass is 383 g/mol. The van der Waals surface area contributed by atoms with E-state index in [0.29, 0.717) is 0 Å². The Morgan fingerprint density at radius 2 is 1.29 bits per heavy atom. The van der Waals surface area contributed by atoms with Crippen molar-refractivity contribution in [3.63, 3.8) is 0 Å². The summed E-state index contributed by atoms with van der Waals surface area (Å²) in [5.74, 6) is 0. The second-order valence-electron chi connectivity index (χ2n) is 8.77. The van der Waals surface area contributed by atoms with E-state index in [1.54, 1.807) is 0 Å². The summed E-state index contributed by atoms with van der Waals surface area (Å²) in [5.41, 5.74) is 0.171. The van der Waals surface area contributed by atoms with Crippen LogP contribution in [0.2, 0.25) is 0 Å². The first kappa shape index (κ1) is 19.0. The van der Waals surface area contributed by atoms with E-state index in [9.17, 15) is 0 Å². The van der Waals surface area contributed by atoms with Crippen LogP contribution in [-0.4, -0.2) is 24.1 Å². The molecule has 0 aromatic heterocycles. The maximum atomic E-state index is 5.02. The third-order valence-electron chi connectivity index (χ3n) is 6.44. The van der Waals surface area contributed by atoms with Gasteiger partial charge < -0.3 is 0 Å². The average Bonchev–Trinajstić information content (AvgIpc) is 2.50. The van der Waals surface area contributed by atoms with Gasteiger partial charge in [-0.1, -0.05) is 27.7 Å². The van der Waals surface area contributed by atoms with Gasteiger partial charge in [-0.2, -0.15) is 12.6 Å². The summed E-state index contributed by atoms with van der Waals surface area (Å²) < 4.78 is -1.26. The molecule has 2 aliphatic rings. The molecule has 1 aliphatic heterocycles. The van der Waals surface area contributed by atoms with E-state index >= 15 is 0 Å². The minimum absolute atomic E-state index is 0.0118. The van der Waals surface area contributed by atoms with Crippen LogP contribution in [0.3, 0.4) is 0 Å². The smallest absolute Gasteiger partial charge is 0.123 e. The number of rotatable bonds is 0. The zero-order valence-electron chi connectivity index (χ0n) is 14.0. The summed E-state index contributed by atoms with van der Waals surface area (Å²) in [6.07, 6.45) is 0.862. The molecule has 0 bridgehead atoms.